The van der Waals surface area contributed by atoms with Crippen LogP contribution in [0.15, 0.2) is 54.7 Å². The van der Waals surface area contributed by atoms with Gasteiger partial charge in [0.25, 0.3) is 0 Å². The second kappa shape index (κ2) is 5.71. The summed E-state index contributed by atoms with van der Waals surface area (Å²) in [6.45, 7) is 0.622. The van der Waals surface area contributed by atoms with Crippen molar-refractivity contribution in [2.45, 2.75) is 6.54 Å². The van der Waals surface area contributed by atoms with E-state index in [0.29, 0.717) is 11.7 Å². The van der Waals surface area contributed by atoms with Gasteiger partial charge in [0.2, 0.25) is 0 Å². The molecule has 100 valence electrons. The molecule has 0 aliphatic heterocycles. The molecule has 0 saturated carbocycles. The van der Waals surface area contributed by atoms with Crippen molar-refractivity contribution in [3.05, 3.63) is 60.4 Å². The van der Waals surface area contributed by atoms with E-state index in [9.17, 15) is 0 Å². The fourth-order valence-corrected chi connectivity index (χ4v) is 2.24. The maximum absolute atomic E-state index is 5.32. The third-order valence-electron chi connectivity index (χ3n) is 3.04. The Bertz CT molecular complexity index is 716. The molecule has 0 atom stereocenters. The van der Waals surface area contributed by atoms with E-state index in [1.54, 1.807) is 6.20 Å². The van der Waals surface area contributed by atoms with Crippen molar-refractivity contribution in [2.75, 3.05) is 5.32 Å². The topological polar surface area (TPSA) is 52.7 Å². The number of hydrogen-bond donors (Lipinski definition) is 3. The van der Waals surface area contributed by atoms with Crippen LogP contribution in [-0.4, -0.2) is 15.3 Å². The van der Waals surface area contributed by atoms with Gasteiger partial charge in [-0.2, -0.15) is 5.10 Å². The van der Waals surface area contributed by atoms with E-state index >= 15 is 0 Å². The monoisotopic (exact) mass is 282 g/mol. The Labute approximate surface area is 122 Å². The van der Waals surface area contributed by atoms with Crippen molar-refractivity contribution < 1.29 is 0 Å². The Hall–Kier alpha value is -2.40. The van der Waals surface area contributed by atoms with Gasteiger partial charge in [0.1, 0.15) is 0 Å². The smallest absolute Gasteiger partial charge is 0.171 e. The second-order valence-corrected chi connectivity index (χ2v) is 4.82. The molecule has 0 bridgehead atoms. The van der Waals surface area contributed by atoms with E-state index in [0.717, 1.165) is 16.8 Å². The number of hydrogen-bond acceptors (Lipinski definition) is 2. The summed E-state index contributed by atoms with van der Waals surface area (Å²) in [4.78, 5) is 0. The van der Waals surface area contributed by atoms with Crippen LogP contribution in [0.5, 0.6) is 0 Å². The molecule has 20 heavy (non-hydrogen) atoms. The highest BCUT2D eigenvalue weighted by molar-refractivity contribution is 7.80. The van der Waals surface area contributed by atoms with Crippen molar-refractivity contribution in [3.63, 3.8) is 0 Å². The minimum absolute atomic E-state index is 0.593. The number of benzene rings is 2. The van der Waals surface area contributed by atoms with Gasteiger partial charge in [0.15, 0.2) is 5.11 Å². The number of aromatic amines is 1. The fourth-order valence-electron chi connectivity index (χ4n) is 2.06. The quantitative estimate of drug-likeness (QED) is 0.646. The number of nitrogens with one attached hydrogen (secondary N) is 3. The fraction of sp³-hybridized carbons (Fsp3) is 0.0667. The normalized spacial score (nSPS) is 10.4. The number of rotatable bonds is 3. The number of fused-ring (bicyclic) bond motifs is 1. The van der Waals surface area contributed by atoms with E-state index in [1.165, 1.54) is 5.39 Å². The Morgan fingerprint density at radius 2 is 1.95 bits per heavy atom. The Balaban J connectivity index is 1.71. The van der Waals surface area contributed by atoms with Gasteiger partial charge in [0, 0.05) is 17.3 Å². The predicted molar refractivity (Wildman–Crippen MR) is 85.6 cm³/mol. The molecule has 3 rings (SSSR count). The standard InChI is InChI=1S/C15H14N4S/c20-15(16-10-12-8-9-17-19-12)18-14-7-3-5-11-4-1-2-6-13(11)14/h1-9H,10H2,(H,17,19)(H2,16,18,20). The number of anilines is 1. The van der Waals surface area contributed by atoms with E-state index in [-0.39, 0.29) is 0 Å². The van der Waals surface area contributed by atoms with Crippen molar-refractivity contribution in [3.8, 4) is 0 Å². The molecule has 4 nitrogen and oxygen atoms in total. The van der Waals surface area contributed by atoms with Gasteiger partial charge in [-0.15, -0.1) is 0 Å². The van der Waals surface area contributed by atoms with Crippen LogP contribution in [0.25, 0.3) is 10.8 Å². The minimum atomic E-state index is 0.593. The Kier molecular flexibility index (Phi) is 3.60. The third-order valence-corrected chi connectivity index (χ3v) is 3.28. The van der Waals surface area contributed by atoms with Crippen LogP contribution in [0.3, 0.4) is 0 Å². The van der Waals surface area contributed by atoms with E-state index in [1.807, 2.05) is 30.3 Å². The number of aromatic nitrogens is 2. The highest BCUT2D eigenvalue weighted by atomic mass is 32.1. The van der Waals surface area contributed by atoms with Crippen LogP contribution in [0.2, 0.25) is 0 Å². The lowest BCUT2D eigenvalue weighted by Gasteiger charge is -2.12. The van der Waals surface area contributed by atoms with Gasteiger partial charge in [-0.25, -0.2) is 0 Å². The molecule has 0 unspecified atom stereocenters. The molecule has 0 amide bonds. The Morgan fingerprint density at radius 3 is 2.80 bits per heavy atom. The molecule has 1 aromatic heterocycles. The maximum Gasteiger partial charge on any atom is 0.171 e. The molecule has 3 aromatic rings. The second-order valence-electron chi connectivity index (χ2n) is 4.42. The van der Waals surface area contributed by atoms with Crippen molar-refractivity contribution >= 4 is 33.8 Å². The van der Waals surface area contributed by atoms with Gasteiger partial charge < -0.3 is 10.6 Å². The molecule has 0 aliphatic carbocycles. The third kappa shape index (κ3) is 2.78. The average molecular weight is 282 g/mol. The average Bonchev–Trinajstić information content (AvgIpc) is 2.99. The van der Waals surface area contributed by atoms with Crippen LogP contribution in [-0.2, 0) is 6.54 Å². The van der Waals surface area contributed by atoms with Gasteiger partial charge in [-0.05, 0) is 29.7 Å². The highest BCUT2D eigenvalue weighted by Crippen LogP contribution is 2.22. The molecule has 5 heteroatoms. The predicted octanol–water partition coefficient (Wildman–Crippen LogP) is 3.05. The van der Waals surface area contributed by atoms with Crippen LogP contribution >= 0.6 is 12.2 Å². The zero-order valence-electron chi connectivity index (χ0n) is 10.8. The van der Waals surface area contributed by atoms with Crippen LogP contribution in [0.4, 0.5) is 5.69 Å². The van der Waals surface area contributed by atoms with E-state index < -0.39 is 0 Å². The van der Waals surface area contributed by atoms with E-state index in [2.05, 4.69) is 39.0 Å². The summed E-state index contributed by atoms with van der Waals surface area (Å²) in [6, 6.07) is 16.2. The molecular weight excluding hydrogens is 268 g/mol. The van der Waals surface area contributed by atoms with Gasteiger partial charge >= 0.3 is 0 Å². The summed E-state index contributed by atoms with van der Waals surface area (Å²) in [5.74, 6) is 0. The number of nitrogens with zero attached hydrogens (tertiary/aromatic N) is 1. The minimum Gasteiger partial charge on any atom is -0.357 e. The highest BCUT2D eigenvalue weighted by Gasteiger charge is 2.02. The van der Waals surface area contributed by atoms with Gasteiger partial charge in [-0.1, -0.05) is 36.4 Å². The SMILES string of the molecule is S=C(NCc1ccn[nH]1)Nc1cccc2ccccc12. The molecule has 0 saturated heterocycles. The molecule has 2 aromatic carbocycles. The molecule has 3 N–H and O–H groups in total. The summed E-state index contributed by atoms with van der Waals surface area (Å²) in [5, 5.41) is 16.1. The summed E-state index contributed by atoms with van der Waals surface area (Å²) < 4.78 is 0. The van der Waals surface area contributed by atoms with Crippen molar-refractivity contribution in [1.82, 2.24) is 15.5 Å². The first-order chi connectivity index (χ1) is 9.83. The lowest BCUT2D eigenvalue weighted by Crippen LogP contribution is -2.28. The van der Waals surface area contributed by atoms with Crippen molar-refractivity contribution in [1.29, 1.82) is 0 Å². The number of H-pyrrole nitrogens is 1. The molecule has 1 heterocycles. The van der Waals surface area contributed by atoms with Crippen LogP contribution in [0, 0.1) is 0 Å². The molecule has 0 fully saturated rings. The lowest BCUT2D eigenvalue weighted by atomic mass is 10.1. The lowest BCUT2D eigenvalue weighted by molar-refractivity contribution is 0.865. The first-order valence-electron chi connectivity index (χ1n) is 6.34. The summed E-state index contributed by atoms with van der Waals surface area (Å²) >= 11 is 5.32. The van der Waals surface area contributed by atoms with Crippen molar-refractivity contribution in [2.24, 2.45) is 0 Å². The summed E-state index contributed by atoms with van der Waals surface area (Å²) in [6.07, 6.45) is 1.72. The zero-order chi connectivity index (χ0) is 13.8. The Morgan fingerprint density at radius 1 is 1.10 bits per heavy atom. The molecule has 0 radical (unpaired) electrons. The van der Waals surface area contributed by atoms with Crippen LogP contribution < -0.4 is 10.6 Å². The zero-order valence-corrected chi connectivity index (χ0v) is 11.6. The molecule has 0 spiro atoms. The number of thiocarbonyl (C=S) groups is 1. The van der Waals surface area contributed by atoms with Crippen LogP contribution in [0.1, 0.15) is 5.69 Å². The largest absolute Gasteiger partial charge is 0.357 e. The van der Waals surface area contributed by atoms with Gasteiger partial charge in [0.05, 0.1) is 12.2 Å². The van der Waals surface area contributed by atoms with Gasteiger partial charge in [-0.3, -0.25) is 5.10 Å². The first-order valence-corrected chi connectivity index (χ1v) is 6.74. The van der Waals surface area contributed by atoms with E-state index in [4.69, 9.17) is 12.2 Å². The molecular formula is C15H14N4S. The first kappa shape index (κ1) is 12.6. The summed E-state index contributed by atoms with van der Waals surface area (Å²) in [5.41, 5.74) is 2.00. The molecule has 0 aliphatic rings. The summed E-state index contributed by atoms with van der Waals surface area (Å²) in [7, 11) is 0. The maximum atomic E-state index is 5.32.